The molecule has 1 amide bonds. The molecule has 0 saturated heterocycles. The second kappa shape index (κ2) is 4.50. The Balaban J connectivity index is 2.72. The molecule has 1 rings (SSSR count). The molecule has 0 aliphatic heterocycles. The third-order valence-corrected chi connectivity index (χ3v) is 1.81. The van der Waals surface area contributed by atoms with Crippen LogP contribution >= 0.6 is 0 Å². The van der Waals surface area contributed by atoms with Gasteiger partial charge in [-0.3, -0.25) is 14.9 Å². The van der Waals surface area contributed by atoms with Crippen molar-refractivity contribution in [2.24, 2.45) is 0 Å². The summed E-state index contributed by atoms with van der Waals surface area (Å²) >= 11 is 0. The molecule has 0 heterocycles. The molecule has 0 fully saturated rings. The first kappa shape index (κ1) is 11.1. The van der Waals surface area contributed by atoms with E-state index in [0.29, 0.717) is 5.56 Å². The zero-order valence-corrected chi connectivity index (χ0v) is 8.01. The summed E-state index contributed by atoms with van der Waals surface area (Å²) in [6.45, 7) is 0.902. The second-order valence-electron chi connectivity index (χ2n) is 2.96. The third kappa shape index (κ3) is 3.01. The predicted octanol–water partition coefficient (Wildman–Crippen LogP) is 1.83. The molecule has 0 spiro atoms. The van der Waals surface area contributed by atoms with Crippen LogP contribution in [-0.2, 0) is 11.3 Å². The van der Waals surface area contributed by atoms with E-state index in [1.165, 1.54) is 24.3 Å². The van der Waals surface area contributed by atoms with Crippen LogP contribution in [0.25, 0.3) is 0 Å². The quantitative estimate of drug-likeness (QED) is 0.436. The molecule has 0 bridgehead atoms. The van der Waals surface area contributed by atoms with Crippen molar-refractivity contribution in [1.29, 1.82) is 0 Å². The van der Waals surface area contributed by atoms with E-state index in [9.17, 15) is 19.4 Å². The molecule has 0 aromatic heterocycles. The average molecular weight is 212 g/mol. The number of hydrogen-bond acceptors (Lipinski definition) is 3. The van der Waals surface area contributed by atoms with E-state index < -0.39 is 10.8 Å². The molecular weight excluding hydrogens is 203 g/mol. The zero-order valence-electron chi connectivity index (χ0n) is 8.01. The molecule has 0 unspecified atom stereocenters. The molecule has 5 nitrogen and oxygen atoms in total. The summed E-state index contributed by atoms with van der Waals surface area (Å²) in [5, 5.41) is 10.4. The topological polar surface area (TPSA) is 63.5 Å². The van der Waals surface area contributed by atoms with Gasteiger partial charge in [-0.05, 0) is 5.56 Å². The van der Waals surface area contributed by atoms with Crippen molar-refractivity contribution in [3.05, 3.63) is 39.9 Å². The minimum absolute atomic E-state index is 0.0428. The lowest BCUT2D eigenvalue weighted by Gasteiger charge is -2.08. The van der Waals surface area contributed by atoms with E-state index in [2.05, 4.69) is 0 Å². The van der Waals surface area contributed by atoms with E-state index in [4.69, 9.17) is 0 Å². The van der Waals surface area contributed by atoms with Crippen LogP contribution in [0.1, 0.15) is 12.5 Å². The number of nitro groups is 1. The van der Waals surface area contributed by atoms with Gasteiger partial charge in [-0.2, -0.15) is 5.12 Å². The smallest absolute Gasteiger partial charge is 0.269 e. The lowest BCUT2D eigenvalue weighted by molar-refractivity contribution is -0.384. The lowest BCUT2D eigenvalue weighted by Crippen LogP contribution is -2.18. The van der Waals surface area contributed by atoms with Crippen molar-refractivity contribution >= 4 is 11.6 Å². The van der Waals surface area contributed by atoms with E-state index >= 15 is 0 Å². The number of hydrogen-bond donors (Lipinski definition) is 0. The summed E-state index contributed by atoms with van der Waals surface area (Å²) in [6.07, 6.45) is 0. The van der Waals surface area contributed by atoms with Gasteiger partial charge in [0.05, 0.1) is 11.5 Å². The number of rotatable bonds is 3. The van der Waals surface area contributed by atoms with Crippen LogP contribution in [0, 0.1) is 10.1 Å². The van der Waals surface area contributed by atoms with E-state index in [0.717, 1.165) is 6.92 Å². The number of halogens is 1. The zero-order chi connectivity index (χ0) is 11.4. The van der Waals surface area contributed by atoms with Crippen LogP contribution in [0.2, 0.25) is 0 Å². The Morgan fingerprint density at radius 2 is 2.00 bits per heavy atom. The minimum Gasteiger partial charge on any atom is -0.273 e. The van der Waals surface area contributed by atoms with E-state index in [1.54, 1.807) is 0 Å². The minimum atomic E-state index is -0.701. The molecule has 6 heteroatoms. The highest BCUT2D eigenvalue weighted by atomic mass is 19.2. The Labute approximate surface area is 85.2 Å². The molecule has 0 saturated carbocycles. The lowest BCUT2D eigenvalue weighted by atomic mass is 10.2. The van der Waals surface area contributed by atoms with Crippen molar-refractivity contribution < 1.29 is 14.2 Å². The van der Waals surface area contributed by atoms with E-state index in [1.807, 2.05) is 0 Å². The van der Waals surface area contributed by atoms with Gasteiger partial charge >= 0.3 is 0 Å². The molecule has 80 valence electrons. The first-order valence-electron chi connectivity index (χ1n) is 4.18. The molecule has 0 aliphatic rings. The first-order valence-corrected chi connectivity index (χ1v) is 4.18. The highest BCUT2D eigenvalue weighted by Gasteiger charge is 2.09. The second-order valence-corrected chi connectivity index (χ2v) is 2.96. The molecule has 0 N–H and O–H groups in total. The van der Waals surface area contributed by atoms with Crippen molar-refractivity contribution in [2.45, 2.75) is 13.5 Å². The maximum atomic E-state index is 12.8. The van der Waals surface area contributed by atoms with Gasteiger partial charge in [-0.25, -0.2) is 0 Å². The van der Waals surface area contributed by atoms with Crippen LogP contribution in [0.4, 0.5) is 10.2 Å². The Hall–Kier alpha value is -1.98. The summed E-state index contributed by atoms with van der Waals surface area (Å²) in [4.78, 5) is 20.3. The molecular formula is C9H9FN2O3. The third-order valence-electron chi connectivity index (χ3n) is 1.81. The molecule has 0 aliphatic carbocycles. The van der Waals surface area contributed by atoms with Gasteiger partial charge in [0.15, 0.2) is 0 Å². The average Bonchev–Trinajstić information content (AvgIpc) is 2.18. The van der Waals surface area contributed by atoms with E-state index in [-0.39, 0.29) is 17.4 Å². The summed E-state index contributed by atoms with van der Waals surface area (Å²) < 4.78 is 12.8. The Kier molecular flexibility index (Phi) is 3.33. The Morgan fingerprint density at radius 3 is 2.40 bits per heavy atom. The van der Waals surface area contributed by atoms with Crippen LogP contribution in [-0.4, -0.2) is 16.0 Å². The first-order chi connectivity index (χ1) is 7.00. The molecule has 0 radical (unpaired) electrons. The predicted molar refractivity (Wildman–Crippen MR) is 50.4 cm³/mol. The molecule has 1 aromatic rings. The van der Waals surface area contributed by atoms with Gasteiger partial charge in [0.1, 0.15) is 0 Å². The standard InChI is InChI=1S/C9H9FN2O3/c1-7(13)11(10)6-8-2-4-9(5-3-8)12(14)15/h2-5H,6H2,1H3. The highest BCUT2D eigenvalue weighted by Crippen LogP contribution is 2.13. The number of nitrogens with zero attached hydrogens (tertiary/aromatic N) is 2. The molecule has 15 heavy (non-hydrogen) atoms. The molecule has 1 aromatic carbocycles. The van der Waals surface area contributed by atoms with Crippen molar-refractivity contribution in [2.75, 3.05) is 0 Å². The number of nitro benzene ring substituents is 1. The maximum Gasteiger partial charge on any atom is 0.269 e. The summed E-state index contributed by atoms with van der Waals surface area (Å²) in [5.41, 5.74) is 0.435. The van der Waals surface area contributed by atoms with Crippen molar-refractivity contribution in [3.63, 3.8) is 0 Å². The summed E-state index contributed by atoms with van der Waals surface area (Å²) in [6, 6.07) is 5.36. The number of carbonyl (C=O) groups excluding carboxylic acids is 1. The number of carbonyl (C=O) groups is 1. The fraction of sp³-hybridized carbons (Fsp3) is 0.222. The van der Waals surface area contributed by atoms with Gasteiger partial charge < -0.3 is 0 Å². The van der Waals surface area contributed by atoms with Gasteiger partial charge in [0.2, 0.25) is 5.91 Å². The van der Waals surface area contributed by atoms with Crippen LogP contribution in [0.3, 0.4) is 0 Å². The van der Waals surface area contributed by atoms with Crippen LogP contribution in [0.15, 0.2) is 24.3 Å². The van der Waals surface area contributed by atoms with Gasteiger partial charge in [0.25, 0.3) is 5.69 Å². The monoisotopic (exact) mass is 212 g/mol. The highest BCUT2D eigenvalue weighted by molar-refractivity contribution is 5.71. The largest absolute Gasteiger partial charge is 0.273 e. The summed E-state index contributed by atoms with van der Waals surface area (Å²) in [5.74, 6) is -0.701. The van der Waals surface area contributed by atoms with Gasteiger partial charge in [0, 0.05) is 19.1 Å². The normalized spacial score (nSPS) is 9.73. The fourth-order valence-corrected chi connectivity index (χ4v) is 0.995. The summed E-state index contributed by atoms with van der Waals surface area (Å²) in [7, 11) is 0. The Morgan fingerprint density at radius 1 is 1.47 bits per heavy atom. The van der Waals surface area contributed by atoms with Crippen molar-refractivity contribution in [3.8, 4) is 0 Å². The number of non-ortho nitro benzene ring substituents is 1. The van der Waals surface area contributed by atoms with Crippen molar-refractivity contribution in [1.82, 2.24) is 5.12 Å². The van der Waals surface area contributed by atoms with Gasteiger partial charge in [-0.15, -0.1) is 0 Å². The SMILES string of the molecule is CC(=O)N(F)Cc1ccc([N+](=O)[O-])cc1. The van der Waals surface area contributed by atoms with Crippen LogP contribution in [0.5, 0.6) is 0 Å². The number of benzene rings is 1. The molecule has 0 atom stereocenters. The van der Waals surface area contributed by atoms with Crippen LogP contribution < -0.4 is 0 Å². The maximum absolute atomic E-state index is 12.8. The number of amides is 1. The Bertz CT molecular complexity index is 377. The fourth-order valence-electron chi connectivity index (χ4n) is 0.995. The van der Waals surface area contributed by atoms with Gasteiger partial charge in [-0.1, -0.05) is 16.6 Å².